The second-order valence-corrected chi connectivity index (χ2v) is 9.63. The number of Topliss-reactive ketones (excluding diaryl/α,β-unsaturated/α-hetero) is 1. The van der Waals surface area contributed by atoms with E-state index in [9.17, 15) is 4.79 Å². The lowest BCUT2D eigenvalue weighted by molar-refractivity contribution is -0.120. The molecular weight excluding hydrogens is 394 g/mol. The van der Waals surface area contributed by atoms with Crippen LogP contribution in [0, 0.1) is 0 Å². The van der Waals surface area contributed by atoms with Crippen LogP contribution in [-0.4, -0.2) is 51.7 Å². The summed E-state index contributed by atoms with van der Waals surface area (Å²) in [6, 6.07) is 0. The van der Waals surface area contributed by atoms with E-state index in [1.807, 2.05) is 27.7 Å². The number of hydrogen-bond donors (Lipinski definition) is 2. The van der Waals surface area contributed by atoms with Crippen LogP contribution in [0.25, 0.3) is 5.70 Å². The molecule has 1 aromatic rings. The van der Waals surface area contributed by atoms with Crippen LogP contribution in [0.2, 0.25) is 0 Å². The van der Waals surface area contributed by atoms with Crippen LogP contribution in [0.5, 0.6) is 0 Å². The molecule has 31 heavy (non-hydrogen) atoms. The van der Waals surface area contributed by atoms with Crippen molar-refractivity contribution in [2.24, 2.45) is 11.6 Å². The average Bonchev–Trinajstić information content (AvgIpc) is 2.62. The van der Waals surface area contributed by atoms with E-state index in [4.69, 9.17) is 21.1 Å². The zero-order chi connectivity index (χ0) is 23.1. The van der Waals surface area contributed by atoms with Gasteiger partial charge >= 0.3 is 0 Å². The van der Waals surface area contributed by atoms with Gasteiger partial charge in [0.15, 0.2) is 0 Å². The summed E-state index contributed by atoms with van der Waals surface area (Å²) in [6.07, 6.45) is 9.98. The Morgan fingerprint density at radius 1 is 1.16 bits per heavy atom. The molecule has 1 aliphatic rings. The molecule has 8 nitrogen and oxygen atoms in total. The van der Waals surface area contributed by atoms with Gasteiger partial charge in [0.25, 0.3) is 0 Å². The number of rotatable bonds is 13. The zero-order valence-corrected chi connectivity index (χ0v) is 19.7. The Bertz CT molecular complexity index is 742. The van der Waals surface area contributed by atoms with Gasteiger partial charge in [-0.05, 0) is 53.9 Å². The first-order chi connectivity index (χ1) is 14.5. The number of ether oxygens (including phenoxy) is 2. The van der Waals surface area contributed by atoms with Crippen molar-refractivity contribution in [1.82, 2.24) is 15.0 Å². The van der Waals surface area contributed by atoms with Gasteiger partial charge in [-0.15, -0.1) is 0 Å². The van der Waals surface area contributed by atoms with Gasteiger partial charge in [-0.3, -0.25) is 0 Å². The standard InChI is InChI=1S/C23H39N5O3/c1-17(29)9-10-22(2,3)30-11-12-31-23(4,5)16-28(25)15-20(24)19-13-26-21(27-14-19)18-7-6-8-18/h13-15,18H,6-12,16,24-25H2,1-5H3/b20-15-. The highest BCUT2D eigenvalue weighted by atomic mass is 16.5. The summed E-state index contributed by atoms with van der Waals surface area (Å²) < 4.78 is 11.8. The monoisotopic (exact) mass is 433 g/mol. The normalized spacial score (nSPS) is 15.6. The number of aromatic nitrogens is 2. The molecule has 1 fully saturated rings. The van der Waals surface area contributed by atoms with Gasteiger partial charge < -0.3 is 25.0 Å². The first-order valence-corrected chi connectivity index (χ1v) is 11.1. The molecule has 174 valence electrons. The maximum Gasteiger partial charge on any atom is 0.131 e. The Balaban J connectivity index is 1.77. The Labute approximate surface area is 186 Å². The summed E-state index contributed by atoms with van der Waals surface area (Å²) in [5.41, 5.74) is 6.59. The summed E-state index contributed by atoms with van der Waals surface area (Å²) in [5.74, 6) is 7.70. The molecule has 0 aliphatic heterocycles. The first-order valence-electron chi connectivity index (χ1n) is 11.1. The molecule has 2 rings (SSSR count). The fourth-order valence-electron chi connectivity index (χ4n) is 3.33. The highest BCUT2D eigenvalue weighted by Gasteiger charge is 2.23. The number of hydrogen-bond acceptors (Lipinski definition) is 8. The van der Waals surface area contributed by atoms with Gasteiger partial charge in [0.1, 0.15) is 11.6 Å². The van der Waals surface area contributed by atoms with E-state index in [-0.39, 0.29) is 11.4 Å². The van der Waals surface area contributed by atoms with Crippen molar-refractivity contribution in [1.29, 1.82) is 0 Å². The summed E-state index contributed by atoms with van der Waals surface area (Å²) in [5, 5.41) is 1.52. The van der Waals surface area contributed by atoms with E-state index in [1.165, 1.54) is 11.4 Å². The summed E-state index contributed by atoms with van der Waals surface area (Å²) >= 11 is 0. The lowest BCUT2D eigenvalue weighted by Gasteiger charge is -2.31. The number of nitrogens with zero attached hydrogens (tertiary/aromatic N) is 3. The van der Waals surface area contributed by atoms with E-state index in [0.717, 1.165) is 24.2 Å². The van der Waals surface area contributed by atoms with Crippen molar-refractivity contribution in [3.05, 3.63) is 30.0 Å². The Morgan fingerprint density at radius 3 is 2.26 bits per heavy atom. The third kappa shape index (κ3) is 8.93. The second-order valence-electron chi connectivity index (χ2n) is 9.63. The van der Waals surface area contributed by atoms with Gasteiger partial charge in [-0.1, -0.05) is 6.42 Å². The predicted octanol–water partition coefficient (Wildman–Crippen LogP) is 3.14. The van der Waals surface area contributed by atoms with Crippen molar-refractivity contribution in [2.75, 3.05) is 19.8 Å². The maximum atomic E-state index is 11.2. The van der Waals surface area contributed by atoms with E-state index >= 15 is 0 Å². The van der Waals surface area contributed by atoms with Crippen molar-refractivity contribution in [3.8, 4) is 0 Å². The topological polar surface area (TPSA) is 117 Å². The molecule has 1 heterocycles. The first kappa shape index (κ1) is 25.2. The minimum absolute atomic E-state index is 0.172. The third-order valence-corrected chi connectivity index (χ3v) is 5.49. The van der Waals surface area contributed by atoms with Gasteiger partial charge in [0.2, 0.25) is 0 Å². The van der Waals surface area contributed by atoms with Gasteiger partial charge in [0, 0.05) is 36.5 Å². The molecule has 0 radical (unpaired) electrons. The molecule has 0 spiro atoms. The Morgan fingerprint density at radius 2 is 1.74 bits per heavy atom. The molecule has 0 saturated heterocycles. The summed E-state index contributed by atoms with van der Waals surface area (Å²) in [4.78, 5) is 20.1. The van der Waals surface area contributed by atoms with Crippen LogP contribution in [0.1, 0.15) is 84.0 Å². The SMILES string of the molecule is CC(=O)CCC(C)(C)OCCOC(C)(C)CN(N)/C=C(\N)c1cnc(C2CCC2)nc1. The predicted molar refractivity (Wildman–Crippen MR) is 122 cm³/mol. The zero-order valence-electron chi connectivity index (χ0n) is 19.7. The fourth-order valence-corrected chi connectivity index (χ4v) is 3.33. The third-order valence-electron chi connectivity index (χ3n) is 5.49. The molecular formula is C23H39N5O3. The summed E-state index contributed by atoms with van der Waals surface area (Å²) in [7, 11) is 0. The van der Waals surface area contributed by atoms with Gasteiger partial charge in [-0.25, -0.2) is 15.8 Å². The van der Waals surface area contributed by atoms with Crippen LogP contribution in [0.3, 0.4) is 0 Å². The molecule has 8 heteroatoms. The van der Waals surface area contributed by atoms with Gasteiger partial charge in [0.05, 0.1) is 36.7 Å². The lowest BCUT2D eigenvalue weighted by Crippen LogP contribution is -2.42. The molecule has 0 aromatic carbocycles. The van der Waals surface area contributed by atoms with Crippen molar-refractivity contribution in [2.45, 2.75) is 83.8 Å². The fraction of sp³-hybridized carbons (Fsp3) is 0.696. The number of carbonyl (C=O) groups is 1. The van der Waals surface area contributed by atoms with E-state index in [1.54, 1.807) is 25.5 Å². The van der Waals surface area contributed by atoms with E-state index in [2.05, 4.69) is 9.97 Å². The molecule has 1 saturated carbocycles. The maximum absolute atomic E-state index is 11.2. The number of nitrogens with two attached hydrogens (primary N) is 2. The molecule has 1 aromatic heterocycles. The van der Waals surface area contributed by atoms with Crippen molar-refractivity contribution >= 4 is 11.5 Å². The number of ketones is 1. The molecule has 0 bridgehead atoms. The van der Waals surface area contributed by atoms with Crippen LogP contribution in [-0.2, 0) is 14.3 Å². The number of hydrazine groups is 1. The van der Waals surface area contributed by atoms with Crippen LogP contribution in [0.15, 0.2) is 18.6 Å². The highest BCUT2D eigenvalue weighted by Crippen LogP contribution is 2.34. The molecule has 0 atom stereocenters. The Hall–Kier alpha value is -2.03. The van der Waals surface area contributed by atoms with E-state index in [0.29, 0.717) is 44.2 Å². The molecule has 0 amide bonds. The number of carbonyl (C=O) groups excluding carboxylic acids is 1. The largest absolute Gasteiger partial charge is 0.397 e. The Kier molecular flexibility index (Phi) is 8.97. The van der Waals surface area contributed by atoms with Crippen LogP contribution in [0.4, 0.5) is 0 Å². The minimum atomic E-state index is -0.497. The lowest BCUT2D eigenvalue weighted by atomic mass is 9.85. The molecule has 4 N–H and O–H groups in total. The molecule has 0 unspecified atom stereocenters. The van der Waals surface area contributed by atoms with Crippen molar-refractivity contribution in [3.63, 3.8) is 0 Å². The second kappa shape index (κ2) is 11.0. The molecule has 1 aliphatic carbocycles. The van der Waals surface area contributed by atoms with Crippen LogP contribution >= 0.6 is 0 Å². The van der Waals surface area contributed by atoms with Crippen LogP contribution < -0.4 is 11.6 Å². The smallest absolute Gasteiger partial charge is 0.131 e. The quantitative estimate of drug-likeness (QED) is 0.277. The van der Waals surface area contributed by atoms with Gasteiger partial charge in [-0.2, -0.15) is 0 Å². The van der Waals surface area contributed by atoms with Crippen molar-refractivity contribution < 1.29 is 14.3 Å². The highest BCUT2D eigenvalue weighted by molar-refractivity contribution is 5.75. The average molecular weight is 434 g/mol. The minimum Gasteiger partial charge on any atom is -0.397 e. The van der Waals surface area contributed by atoms with E-state index < -0.39 is 5.60 Å². The summed E-state index contributed by atoms with van der Waals surface area (Å²) in [6.45, 7) is 10.8.